The summed E-state index contributed by atoms with van der Waals surface area (Å²) in [5, 5.41) is 5.72. The van der Waals surface area contributed by atoms with Gasteiger partial charge in [0, 0.05) is 13.1 Å². The molecule has 4 N–H and O–H groups in total. The maximum atomic E-state index is 13.7. The van der Waals surface area contributed by atoms with Gasteiger partial charge in [-0.2, -0.15) is 0 Å². The number of nitrogens with one attached hydrogen (secondary N) is 2. The van der Waals surface area contributed by atoms with Crippen molar-refractivity contribution in [3.63, 3.8) is 0 Å². The number of halogens is 2. The maximum Gasteiger partial charge on any atom is 0.265 e. The van der Waals surface area contributed by atoms with E-state index in [4.69, 9.17) is 33.7 Å². The summed E-state index contributed by atoms with van der Waals surface area (Å²) in [4.78, 5) is 25.7. The van der Waals surface area contributed by atoms with E-state index in [2.05, 4.69) is 10.6 Å². The van der Waals surface area contributed by atoms with Gasteiger partial charge in [-0.3, -0.25) is 13.9 Å². The lowest BCUT2D eigenvalue weighted by atomic mass is 10.1. The summed E-state index contributed by atoms with van der Waals surface area (Å²) in [6, 6.07) is 16.5. The maximum absolute atomic E-state index is 13.7. The highest BCUT2D eigenvalue weighted by atomic mass is 35.5. The topological polar surface area (TPSA) is 131 Å². The van der Waals surface area contributed by atoms with Gasteiger partial charge in [0.05, 0.1) is 32.7 Å². The summed E-state index contributed by atoms with van der Waals surface area (Å²) in [6.07, 6.45) is 0.153. The Morgan fingerprint density at radius 1 is 1.05 bits per heavy atom. The van der Waals surface area contributed by atoms with E-state index in [1.54, 1.807) is 24.3 Å². The molecule has 0 radical (unpaired) electrons. The average Bonchev–Trinajstić information content (AvgIpc) is 2.90. The van der Waals surface area contributed by atoms with Gasteiger partial charge in [0.25, 0.3) is 10.0 Å². The Morgan fingerprint density at radius 3 is 2.50 bits per heavy atom. The number of rotatable bonds is 10. The number of carbonyl (C=O) groups is 2. The molecule has 9 nitrogen and oxygen atoms in total. The Hall–Kier alpha value is -3.31. The molecule has 0 fully saturated rings. The highest BCUT2D eigenvalue weighted by Crippen LogP contribution is 2.38. The first-order chi connectivity index (χ1) is 18.2. The van der Waals surface area contributed by atoms with Crippen LogP contribution in [-0.2, 0) is 26.0 Å². The molecule has 0 spiro atoms. The van der Waals surface area contributed by atoms with E-state index in [1.165, 1.54) is 18.2 Å². The van der Waals surface area contributed by atoms with Crippen molar-refractivity contribution < 1.29 is 22.7 Å². The molecule has 0 bridgehead atoms. The van der Waals surface area contributed by atoms with Gasteiger partial charge < -0.3 is 21.1 Å². The van der Waals surface area contributed by atoms with Crippen molar-refractivity contribution in [3.8, 4) is 5.75 Å². The Balaban J connectivity index is 1.50. The highest BCUT2D eigenvalue weighted by molar-refractivity contribution is 7.93. The second-order valence-corrected chi connectivity index (χ2v) is 11.1. The van der Waals surface area contributed by atoms with Crippen molar-refractivity contribution >= 4 is 56.4 Å². The molecule has 3 aromatic rings. The fourth-order valence-electron chi connectivity index (χ4n) is 4.01. The van der Waals surface area contributed by atoms with Crippen molar-refractivity contribution in [2.75, 3.05) is 29.3 Å². The average molecular weight is 577 g/mol. The van der Waals surface area contributed by atoms with Gasteiger partial charge in [-0.15, -0.1) is 0 Å². The number of benzene rings is 3. The molecule has 0 aliphatic carbocycles. The zero-order valence-electron chi connectivity index (χ0n) is 20.2. The van der Waals surface area contributed by atoms with Gasteiger partial charge in [-0.05, 0) is 54.4 Å². The molecule has 1 aliphatic heterocycles. The number of hydrogen-bond acceptors (Lipinski definition) is 6. The van der Waals surface area contributed by atoms with Crippen LogP contribution >= 0.6 is 23.2 Å². The van der Waals surface area contributed by atoms with Gasteiger partial charge in [0.1, 0.15) is 18.4 Å². The molecule has 0 saturated heterocycles. The van der Waals surface area contributed by atoms with Crippen LogP contribution in [0.15, 0.2) is 71.6 Å². The van der Waals surface area contributed by atoms with E-state index in [9.17, 15) is 18.0 Å². The first-order valence-corrected chi connectivity index (χ1v) is 14.0. The van der Waals surface area contributed by atoms with Crippen molar-refractivity contribution in [1.82, 2.24) is 5.32 Å². The number of sulfonamides is 1. The van der Waals surface area contributed by atoms with Crippen LogP contribution < -0.4 is 25.4 Å². The Labute approximate surface area is 230 Å². The third kappa shape index (κ3) is 6.21. The first-order valence-electron chi connectivity index (χ1n) is 11.8. The van der Waals surface area contributed by atoms with Gasteiger partial charge in [0.2, 0.25) is 11.8 Å². The largest absolute Gasteiger partial charge is 0.492 e. The molecule has 38 heavy (non-hydrogen) atoms. The molecule has 4 rings (SSSR count). The number of amides is 2. The van der Waals surface area contributed by atoms with E-state index < -0.39 is 27.9 Å². The Bertz CT molecular complexity index is 1430. The summed E-state index contributed by atoms with van der Waals surface area (Å²) in [5.41, 5.74) is 6.97. The fourth-order valence-corrected chi connectivity index (χ4v) is 6.03. The number of anilines is 2. The lowest BCUT2D eigenvalue weighted by molar-refractivity contribution is -0.125. The van der Waals surface area contributed by atoms with Crippen LogP contribution in [-0.4, -0.2) is 46.0 Å². The smallest absolute Gasteiger partial charge is 0.265 e. The quantitative estimate of drug-likeness (QED) is 0.338. The third-order valence-corrected chi connectivity index (χ3v) is 8.42. The van der Waals surface area contributed by atoms with Gasteiger partial charge in [0.15, 0.2) is 0 Å². The zero-order chi connectivity index (χ0) is 27.3. The van der Waals surface area contributed by atoms with Crippen LogP contribution in [0.1, 0.15) is 12.0 Å². The summed E-state index contributed by atoms with van der Waals surface area (Å²) >= 11 is 12.0. The molecule has 0 aromatic heterocycles. The number of hydrogen-bond donors (Lipinski definition) is 3. The minimum absolute atomic E-state index is 0.0516. The van der Waals surface area contributed by atoms with Crippen molar-refractivity contribution in [3.05, 3.63) is 82.3 Å². The molecule has 0 saturated carbocycles. The van der Waals surface area contributed by atoms with Crippen molar-refractivity contribution in [2.24, 2.45) is 5.73 Å². The predicted molar refractivity (Wildman–Crippen MR) is 147 cm³/mol. The number of para-hydroxylation sites is 2. The summed E-state index contributed by atoms with van der Waals surface area (Å²) < 4.78 is 33.9. The standard InChI is InChI=1S/C26H26Cl2N4O5S/c27-20-10-9-19(15-21(20)28)38(35,36)32-23-4-2-1-3-22(23)31-26(34)24(32)16-25(33)30-13-11-17-5-7-18(8-6-17)37-14-12-29/h1-10,15,24H,11-14,16,29H2,(H,30,33)(H,31,34). The van der Waals surface area contributed by atoms with Crippen molar-refractivity contribution in [2.45, 2.75) is 23.8 Å². The molecule has 12 heteroatoms. The van der Waals surface area contributed by atoms with Crippen LogP contribution in [0.2, 0.25) is 10.0 Å². The van der Waals surface area contributed by atoms with Crippen LogP contribution in [0.25, 0.3) is 0 Å². The first kappa shape index (κ1) is 27.7. The van der Waals surface area contributed by atoms with E-state index in [0.29, 0.717) is 37.6 Å². The molecule has 1 aliphatic rings. The number of carbonyl (C=O) groups excluding carboxylic acids is 2. The highest BCUT2D eigenvalue weighted by Gasteiger charge is 2.42. The number of nitrogens with zero attached hydrogens (tertiary/aromatic N) is 1. The number of nitrogens with two attached hydrogens (primary N) is 1. The molecule has 1 atom stereocenters. The second kappa shape index (κ2) is 12.0. The molecule has 2 amide bonds. The summed E-state index contributed by atoms with van der Waals surface area (Å²) in [6.45, 7) is 1.14. The van der Waals surface area contributed by atoms with E-state index in [-0.39, 0.29) is 27.0 Å². The Kier molecular flexibility index (Phi) is 8.78. The van der Waals surface area contributed by atoms with Crippen LogP contribution in [0.4, 0.5) is 11.4 Å². The minimum atomic E-state index is -4.29. The lowest BCUT2D eigenvalue weighted by Crippen LogP contribution is -2.52. The number of fused-ring (bicyclic) bond motifs is 1. The Morgan fingerprint density at radius 2 is 1.79 bits per heavy atom. The molecule has 1 unspecified atom stereocenters. The second-order valence-electron chi connectivity index (χ2n) is 8.48. The van der Waals surface area contributed by atoms with Gasteiger partial charge in [-0.25, -0.2) is 8.42 Å². The SMILES string of the molecule is NCCOc1ccc(CCNC(=O)CC2C(=O)Nc3ccccc3N2S(=O)(=O)c2ccc(Cl)c(Cl)c2)cc1. The van der Waals surface area contributed by atoms with E-state index in [0.717, 1.165) is 9.87 Å². The minimum Gasteiger partial charge on any atom is -0.492 e. The zero-order valence-corrected chi connectivity index (χ0v) is 22.5. The summed E-state index contributed by atoms with van der Waals surface area (Å²) in [5.74, 6) is -0.382. The summed E-state index contributed by atoms with van der Waals surface area (Å²) in [7, 11) is -4.29. The third-order valence-electron chi connectivity index (χ3n) is 5.86. The normalized spacial score (nSPS) is 15.0. The van der Waals surface area contributed by atoms with Crippen molar-refractivity contribution in [1.29, 1.82) is 0 Å². The van der Waals surface area contributed by atoms with Crippen LogP contribution in [0.3, 0.4) is 0 Å². The van der Waals surface area contributed by atoms with Gasteiger partial charge in [-0.1, -0.05) is 47.5 Å². The molecular formula is C26H26Cl2N4O5S. The molecule has 3 aromatic carbocycles. The van der Waals surface area contributed by atoms with E-state index >= 15 is 0 Å². The fraction of sp³-hybridized carbons (Fsp3) is 0.231. The van der Waals surface area contributed by atoms with Crippen LogP contribution in [0.5, 0.6) is 5.75 Å². The van der Waals surface area contributed by atoms with Gasteiger partial charge >= 0.3 is 0 Å². The monoisotopic (exact) mass is 576 g/mol. The lowest BCUT2D eigenvalue weighted by Gasteiger charge is -2.36. The van der Waals surface area contributed by atoms with E-state index in [1.807, 2.05) is 24.3 Å². The molecule has 1 heterocycles. The predicted octanol–water partition coefficient (Wildman–Crippen LogP) is 3.60. The number of ether oxygens (including phenoxy) is 1. The molecular weight excluding hydrogens is 551 g/mol. The van der Waals surface area contributed by atoms with Crippen LogP contribution in [0, 0.1) is 0 Å². The molecule has 200 valence electrons.